The fourth-order valence-corrected chi connectivity index (χ4v) is 2.31. The lowest BCUT2D eigenvalue weighted by Crippen LogP contribution is -2.05. The van der Waals surface area contributed by atoms with Gasteiger partial charge in [0.15, 0.2) is 5.65 Å². The maximum atomic E-state index is 12.1. The van der Waals surface area contributed by atoms with E-state index >= 15 is 0 Å². The highest BCUT2D eigenvalue weighted by Gasteiger charge is 2.11. The second-order valence-corrected chi connectivity index (χ2v) is 5.20. The molecule has 0 saturated carbocycles. The van der Waals surface area contributed by atoms with E-state index < -0.39 is 0 Å². The molecule has 0 fully saturated rings. The molecule has 0 saturated heterocycles. The second-order valence-electron chi connectivity index (χ2n) is 4.35. The third-order valence-corrected chi connectivity index (χ3v) is 3.06. The van der Waals surface area contributed by atoms with Crippen LogP contribution in [0.1, 0.15) is 16.1 Å². The van der Waals surface area contributed by atoms with Gasteiger partial charge in [-0.25, -0.2) is 4.98 Å². The lowest BCUT2D eigenvalue weighted by molar-refractivity contribution is 0.104. The number of nitrogens with zero attached hydrogens (tertiary/aromatic N) is 3. The van der Waals surface area contributed by atoms with Gasteiger partial charge < -0.3 is 4.90 Å². The molecule has 0 aliphatic heterocycles. The summed E-state index contributed by atoms with van der Waals surface area (Å²) in [6.45, 7) is 1.98. The van der Waals surface area contributed by atoms with Crippen molar-refractivity contribution in [1.82, 2.24) is 14.3 Å². The fourth-order valence-electron chi connectivity index (χ4n) is 1.66. The summed E-state index contributed by atoms with van der Waals surface area (Å²) in [5.74, 6) is -0.0614. The number of imidazole rings is 1. The fraction of sp³-hybridized carbons (Fsp3) is 0.231. The predicted molar refractivity (Wildman–Crippen MR) is 74.8 cm³/mol. The van der Waals surface area contributed by atoms with Crippen LogP contribution >= 0.6 is 15.9 Å². The zero-order chi connectivity index (χ0) is 13.3. The Morgan fingerprint density at radius 1 is 1.50 bits per heavy atom. The van der Waals surface area contributed by atoms with Crippen molar-refractivity contribution in [3.8, 4) is 0 Å². The minimum Gasteiger partial charge on any atom is -0.383 e. The van der Waals surface area contributed by atoms with Crippen LogP contribution in [0, 0.1) is 6.92 Å². The first kappa shape index (κ1) is 12.8. The summed E-state index contributed by atoms with van der Waals surface area (Å²) in [7, 11) is 3.75. The Bertz CT molecular complexity index is 628. The third kappa shape index (κ3) is 2.46. The zero-order valence-electron chi connectivity index (χ0n) is 10.5. The second kappa shape index (κ2) is 4.94. The minimum atomic E-state index is -0.0614. The Kier molecular flexibility index (Phi) is 3.52. The molecule has 0 spiro atoms. The van der Waals surface area contributed by atoms with Crippen LogP contribution in [0.5, 0.6) is 0 Å². The van der Waals surface area contributed by atoms with Crippen LogP contribution in [0.25, 0.3) is 5.65 Å². The van der Waals surface area contributed by atoms with Crippen LogP contribution in [0.15, 0.2) is 35.2 Å². The van der Waals surface area contributed by atoms with E-state index in [1.807, 2.05) is 42.6 Å². The molecule has 0 atom stereocenters. The first-order valence-electron chi connectivity index (χ1n) is 5.51. The van der Waals surface area contributed by atoms with Crippen molar-refractivity contribution in [3.05, 3.63) is 46.5 Å². The van der Waals surface area contributed by atoms with Gasteiger partial charge in [0.25, 0.3) is 0 Å². The van der Waals surface area contributed by atoms with Crippen molar-refractivity contribution in [2.24, 2.45) is 0 Å². The van der Waals surface area contributed by atoms with Crippen LogP contribution in [-0.2, 0) is 0 Å². The van der Waals surface area contributed by atoms with E-state index in [2.05, 4.69) is 20.9 Å². The highest BCUT2D eigenvalue weighted by Crippen LogP contribution is 2.20. The Morgan fingerprint density at radius 2 is 2.22 bits per heavy atom. The molecule has 0 unspecified atom stereocenters. The zero-order valence-corrected chi connectivity index (χ0v) is 12.1. The van der Waals surface area contributed by atoms with Gasteiger partial charge in [0.1, 0.15) is 5.69 Å². The maximum Gasteiger partial charge on any atom is 0.205 e. The highest BCUT2D eigenvalue weighted by molar-refractivity contribution is 9.10. The normalized spacial score (nSPS) is 11.3. The van der Waals surface area contributed by atoms with Crippen molar-refractivity contribution < 1.29 is 4.79 Å². The van der Waals surface area contributed by atoms with E-state index in [0.29, 0.717) is 5.69 Å². The number of ketones is 1. The molecule has 0 aliphatic rings. The number of hydrogen-bond acceptors (Lipinski definition) is 3. The molecule has 0 aliphatic carbocycles. The van der Waals surface area contributed by atoms with E-state index in [0.717, 1.165) is 15.7 Å². The van der Waals surface area contributed by atoms with Crippen molar-refractivity contribution in [2.75, 3.05) is 14.1 Å². The van der Waals surface area contributed by atoms with Crippen LogP contribution in [0.3, 0.4) is 0 Å². The van der Waals surface area contributed by atoms with Gasteiger partial charge in [-0.1, -0.05) is 0 Å². The number of carbonyl (C=O) groups is 1. The van der Waals surface area contributed by atoms with Gasteiger partial charge in [-0.15, -0.1) is 0 Å². The molecule has 2 heterocycles. The van der Waals surface area contributed by atoms with Crippen LogP contribution < -0.4 is 0 Å². The molecule has 5 heteroatoms. The quantitative estimate of drug-likeness (QED) is 0.646. The number of carbonyl (C=O) groups excluding carboxylic acids is 1. The van der Waals surface area contributed by atoms with Crippen molar-refractivity contribution in [2.45, 2.75) is 6.92 Å². The Hall–Kier alpha value is -1.62. The Morgan fingerprint density at radius 3 is 2.89 bits per heavy atom. The van der Waals surface area contributed by atoms with Gasteiger partial charge in [-0.3, -0.25) is 9.20 Å². The van der Waals surface area contributed by atoms with E-state index in [1.54, 1.807) is 18.5 Å². The van der Waals surface area contributed by atoms with Crippen LogP contribution in [0.4, 0.5) is 0 Å². The number of aromatic nitrogens is 2. The average molecular weight is 308 g/mol. The maximum absolute atomic E-state index is 12.1. The monoisotopic (exact) mass is 307 g/mol. The topological polar surface area (TPSA) is 37.6 Å². The molecule has 2 aromatic rings. The summed E-state index contributed by atoms with van der Waals surface area (Å²) in [5.41, 5.74) is 2.38. The number of allylic oxidation sites excluding steroid dienone is 1. The lowest BCUT2D eigenvalue weighted by Gasteiger charge is -2.04. The lowest BCUT2D eigenvalue weighted by atomic mass is 10.2. The third-order valence-electron chi connectivity index (χ3n) is 2.47. The summed E-state index contributed by atoms with van der Waals surface area (Å²) in [4.78, 5) is 18.1. The van der Waals surface area contributed by atoms with Gasteiger partial charge in [0, 0.05) is 32.6 Å². The molecule has 2 rings (SSSR count). The molecule has 0 aromatic carbocycles. The first-order valence-corrected chi connectivity index (χ1v) is 6.30. The van der Waals surface area contributed by atoms with Gasteiger partial charge in [-0.05, 0) is 34.5 Å². The Labute approximate surface area is 114 Å². The molecule has 4 nitrogen and oxygen atoms in total. The molecule has 0 radical (unpaired) electrons. The molecular weight excluding hydrogens is 294 g/mol. The summed E-state index contributed by atoms with van der Waals surface area (Å²) >= 11 is 3.45. The van der Waals surface area contributed by atoms with Crippen LogP contribution in [-0.4, -0.2) is 34.2 Å². The van der Waals surface area contributed by atoms with Gasteiger partial charge in [0.2, 0.25) is 5.78 Å². The van der Waals surface area contributed by atoms with Crippen LogP contribution in [0.2, 0.25) is 0 Å². The van der Waals surface area contributed by atoms with Gasteiger partial charge in [0.05, 0.1) is 10.7 Å². The van der Waals surface area contributed by atoms with Crippen molar-refractivity contribution in [1.29, 1.82) is 0 Å². The van der Waals surface area contributed by atoms with Crippen molar-refractivity contribution >= 4 is 27.4 Å². The molecular formula is C13H14BrN3O. The number of rotatable bonds is 3. The van der Waals surface area contributed by atoms with E-state index in [4.69, 9.17) is 0 Å². The highest BCUT2D eigenvalue weighted by atomic mass is 79.9. The number of fused-ring (bicyclic) bond motifs is 1. The number of pyridine rings is 1. The summed E-state index contributed by atoms with van der Waals surface area (Å²) in [6, 6.07) is 1.98. The first-order chi connectivity index (χ1) is 8.49. The molecule has 0 amide bonds. The smallest absolute Gasteiger partial charge is 0.205 e. The van der Waals surface area contributed by atoms with Crippen molar-refractivity contribution in [3.63, 3.8) is 0 Å². The number of hydrogen-bond donors (Lipinski definition) is 0. The SMILES string of the molecule is Cc1cc(Br)c2ncc(C(=O)C=CN(C)C)n2c1. The summed E-state index contributed by atoms with van der Waals surface area (Å²) < 4.78 is 2.69. The van der Waals surface area contributed by atoms with Gasteiger partial charge in [-0.2, -0.15) is 0 Å². The molecule has 18 heavy (non-hydrogen) atoms. The van der Waals surface area contributed by atoms with E-state index in [9.17, 15) is 4.79 Å². The average Bonchev–Trinajstić information content (AvgIpc) is 2.69. The largest absolute Gasteiger partial charge is 0.383 e. The predicted octanol–water partition coefficient (Wildman–Crippen LogP) is 2.66. The summed E-state index contributed by atoms with van der Waals surface area (Å²) in [6.07, 6.45) is 6.78. The molecule has 2 aromatic heterocycles. The van der Waals surface area contributed by atoms with E-state index in [1.165, 1.54) is 0 Å². The molecule has 0 N–H and O–H groups in total. The summed E-state index contributed by atoms with van der Waals surface area (Å²) in [5, 5.41) is 0. The van der Waals surface area contributed by atoms with E-state index in [-0.39, 0.29) is 5.78 Å². The minimum absolute atomic E-state index is 0.0614. The van der Waals surface area contributed by atoms with Gasteiger partial charge >= 0.3 is 0 Å². The number of halogens is 1. The molecule has 0 bridgehead atoms. The molecule has 94 valence electrons. The Balaban J connectivity index is 2.49. The standard InChI is InChI=1S/C13H14BrN3O/c1-9-6-10(14)13-15-7-11(17(13)8-9)12(18)4-5-16(2)3/h4-8H,1-3H3. The number of aryl methyl sites for hydroxylation is 1.